The smallest absolute Gasteiger partial charge is 0.252 e. The van der Waals surface area contributed by atoms with Crippen molar-refractivity contribution in [3.8, 4) is 17.0 Å². The molecule has 1 unspecified atom stereocenters. The van der Waals surface area contributed by atoms with Crippen LogP contribution in [0.1, 0.15) is 30.1 Å². The number of halogens is 1. The van der Waals surface area contributed by atoms with Gasteiger partial charge in [-0.3, -0.25) is 4.79 Å². The predicted octanol–water partition coefficient (Wildman–Crippen LogP) is 3.57. The van der Waals surface area contributed by atoms with Crippen molar-refractivity contribution in [2.45, 2.75) is 19.8 Å². The summed E-state index contributed by atoms with van der Waals surface area (Å²) < 4.78 is 10.7. The largest absolute Gasteiger partial charge is 0.475 e. The molecule has 152 valence electrons. The Morgan fingerprint density at radius 1 is 1.29 bits per heavy atom. The van der Waals surface area contributed by atoms with Gasteiger partial charge in [-0.05, 0) is 36.1 Å². The fourth-order valence-electron chi connectivity index (χ4n) is 2.75. The Hall–Kier alpha value is -2.15. The van der Waals surface area contributed by atoms with Crippen molar-refractivity contribution in [3.63, 3.8) is 0 Å². The number of rotatable bonds is 11. The topological polar surface area (TPSA) is 80.7 Å². The van der Waals surface area contributed by atoms with Crippen molar-refractivity contribution >= 4 is 17.5 Å². The molecule has 0 radical (unpaired) electrons. The van der Waals surface area contributed by atoms with Crippen molar-refractivity contribution in [1.29, 1.82) is 0 Å². The number of methoxy groups -OCH3 is 1. The van der Waals surface area contributed by atoms with E-state index in [2.05, 4.69) is 17.2 Å². The number of carbonyl (C=O) groups is 1. The maximum atomic E-state index is 12.6. The van der Waals surface area contributed by atoms with Gasteiger partial charge in [-0.25, -0.2) is 4.98 Å². The molecule has 28 heavy (non-hydrogen) atoms. The van der Waals surface area contributed by atoms with E-state index in [1.165, 1.54) is 6.20 Å². The van der Waals surface area contributed by atoms with E-state index in [1.807, 2.05) is 12.1 Å². The van der Waals surface area contributed by atoms with Crippen LogP contribution in [-0.2, 0) is 4.74 Å². The number of nitrogens with one attached hydrogen (secondary N) is 1. The van der Waals surface area contributed by atoms with Gasteiger partial charge in [0, 0.05) is 37.0 Å². The van der Waals surface area contributed by atoms with Crippen LogP contribution in [0.5, 0.6) is 5.88 Å². The zero-order valence-electron chi connectivity index (χ0n) is 16.3. The van der Waals surface area contributed by atoms with Crippen molar-refractivity contribution in [1.82, 2.24) is 10.3 Å². The van der Waals surface area contributed by atoms with E-state index in [0.717, 1.165) is 18.4 Å². The summed E-state index contributed by atoms with van der Waals surface area (Å²) in [6.45, 7) is 3.31. The van der Waals surface area contributed by atoms with E-state index < -0.39 is 0 Å². The Bertz CT molecular complexity index is 753. The number of benzene rings is 1. The first kappa shape index (κ1) is 22.1. The summed E-state index contributed by atoms with van der Waals surface area (Å²) in [6.07, 6.45) is 3.30. The van der Waals surface area contributed by atoms with E-state index in [1.54, 1.807) is 25.3 Å². The van der Waals surface area contributed by atoms with Crippen LogP contribution in [0.3, 0.4) is 0 Å². The van der Waals surface area contributed by atoms with Gasteiger partial charge in [0.15, 0.2) is 0 Å². The molecule has 2 aromatic rings. The SMILES string of the molecule is CCCC(CO)CNC(=O)c1cnc(OCCOC)c(-c2ccc(Cl)cc2)c1. The van der Waals surface area contributed by atoms with Crippen LogP contribution in [0.25, 0.3) is 11.1 Å². The first-order chi connectivity index (χ1) is 13.6. The van der Waals surface area contributed by atoms with Gasteiger partial charge in [-0.2, -0.15) is 0 Å². The van der Waals surface area contributed by atoms with E-state index >= 15 is 0 Å². The number of amides is 1. The molecular weight excluding hydrogens is 380 g/mol. The molecule has 1 heterocycles. The number of carbonyl (C=O) groups excluding carboxylic acids is 1. The van der Waals surface area contributed by atoms with Crippen LogP contribution in [0, 0.1) is 5.92 Å². The summed E-state index contributed by atoms with van der Waals surface area (Å²) >= 11 is 5.99. The molecule has 0 fully saturated rings. The van der Waals surface area contributed by atoms with E-state index in [-0.39, 0.29) is 18.4 Å². The number of aliphatic hydroxyl groups excluding tert-OH is 1. The average Bonchev–Trinajstić information content (AvgIpc) is 2.72. The molecule has 0 bridgehead atoms. The maximum absolute atomic E-state index is 12.6. The van der Waals surface area contributed by atoms with Crippen molar-refractivity contribution in [2.75, 3.05) is 33.5 Å². The minimum atomic E-state index is -0.235. The summed E-state index contributed by atoms with van der Waals surface area (Å²) in [6, 6.07) is 9.01. The van der Waals surface area contributed by atoms with Gasteiger partial charge in [0.1, 0.15) is 6.61 Å². The molecule has 1 aromatic heterocycles. The summed E-state index contributed by atoms with van der Waals surface area (Å²) in [5.41, 5.74) is 1.98. The highest BCUT2D eigenvalue weighted by atomic mass is 35.5. The quantitative estimate of drug-likeness (QED) is 0.557. The molecule has 2 N–H and O–H groups in total. The molecule has 0 aliphatic rings. The standard InChI is InChI=1S/C21H27ClN2O4/c1-3-4-15(14-25)12-23-20(26)17-11-19(16-5-7-18(22)8-6-16)21(24-13-17)28-10-9-27-2/h5-8,11,13,15,25H,3-4,9-10,12,14H2,1-2H3,(H,23,26). The summed E-state index contributed by atoms with van der Waals surface area (Å²) in [5.74, 6) is 0.241. The molecule has 6 nitrogen and oxygen atoms in total. The summed E-state index contributed by atoms with van der Waals surface area (Å²) in [4.78, 5) is 16.9. The Morgan fingerprint density at radius 2 is 2.04 bits per heavy atom. The Labute approximate surface area is 170 Å². The molecule has 0 spiro atoms. The van der Waals surface area contributed by atoms with Gasteiger partial charge in [-0.15, -0.1) is 0 Å². The highest BCUT2D eigenvalue weighted by Gasteiger charge is 2.15. The number of nitrogens with zero attached hydrogens (tertiary/aromatic N) is 1. The molecule has 1 amide bonds. The summed E-state index contributed by atoms with van der Waals surface area (Å²) in [5, 5.41) is 12.9. The lowest BCUT2D eigenvalue weighted by Crippen LogP contribution is -2.30. The molecule has 1 atom stereocenters. The third-order valence-corrected chi connectivity index (χ3v) is 4.55. The van der Waals surface area contributed by atoms with Crippen molar-refractivity contribution in [3.05, 3.63) is 47.1 Å². The number of aliphatic hydroxyl groups is 1. The van der Waals surface area contributed by atoms with Crippen LogP contribution in [0.4, 0.5) is 0 Å². The van der Waals surface area contributed by atoms with Crippen molar-refractivity contribution < 1.29 is 19.4 Å². The number of pyridine rings is 1. The van der Waals surface area contributed by atoms with E-state index in [0.29, 0.717) is 41.8 Å². The van der Waals surface area contributed by atoms with Gasteiger partial charge in [0.05, 0.1) is 12.2 Å². The Balaban J connectivity index is 2.22. The number of aromatic nitrogens is 1. The fourth-order valence-corrected chi connectivity index (χ4v) is 2.88. The molecule has 0 saturated carbocycles. The highest BCUT2D eigenvalue weighted by molar-refractivity contribution is 6.30. The number of hydrogen-bond donors (Lipinski definition) is 2. The predicted molar refractivity (Wildman–Crippen MR) is 110 cm³/mol. The molecule has 7 heteroatoms. The molecule has 0 aliphatic carbocycles. The molecule has 1 aromatic carbocycles. The summed E-state index contributed by atoms with van der Waals surface area (Å²) in [7, 11) is 1.60. The zero-order chi connectivity index (χ0) is 20.4. The van der Waals surface area contributed by atoms with Crippen LogP contribution in [-0.4, -0.2) is 49.5 Å². The minimum absolute atomic E-state index is 0.0503. The Morgan fingerprint density at radius 3 is 2.68 bits per heavy atom. The van der Waals surface area contributed by atoms with Crippen LogP contribution in [0.15, 0.2) is 36.5 Å². The van der Waals surface area contributed by atoms with E-state index in [4.69, 9.17) is 21.1 Å². The first-order valence-corrected chi connectivity index (χ1v) is 9.73. The lowest BCUT2D eigenvalue weighted by atomic mass is 10.0. The van der Waals surface area contributed by atoms with Crippen LogP contribution < -0.4 is 10.1 Å². The van der Waals surface area contributed by atoms with Gasteiger partial charge in [0.2, 0.25) is 5.88 Å². The molecule has 0 aliphatic heterocycles. The molecular formula is C21H27ClN2O4. The second-order valence-corrected chi connectivity index (χ2v) is 6.91. The Kier molecular flexibility index (Phi) is 9.20. The van der Waals surface area contributed by atoms with Gasteiger partial charge < -0.3 is 19.9 Å². The lowest BCUT2D eigenvalue weighted by Gasteiger charge is -2.15. The second-order valence-electron chi connectivity index (χ2n) is 6.47. The molecule has 0 saturated heterocycles. The van der Waals surface area contributed by atoms with E-state index in [9.17, 15) is 9.90 Å². The van der Waals surface area contributed by atoms with Gasteiger partial charge in [0.25, 0.3) is 5.91 Å². The highest BCUT2D eigenvalue weighted by Crippen LogP contribution is 2.30. The van der Waals surface area contributed by atoms with Gasteiger partial charge in [-0.1, -0.05) is 37.1 Å². The van der Waals surface area contributed by atoms with Crippen molar-refractivity contribution in [2.24, 2.45) is 5.92 Å². The maximum Gasteiger partial charge on any atom is 0.252 e. The minimum Gasteiger partial charge on any atom is -0.475 e. The molecule has 2 rings (SSSR count). The third-order valence-electron chi connectivity index (χ3n) is 4.30. The third kappa shape index (κ3) is 6.48. The first-order valence-electron chi connectivity index (χ1n) is 9.35. The van der Waals surface area contributed by atoms with Crippen LogP contribution in [0.2, 0.25) is 5.02 Å². The zero-order valence-corrected chi connectivity index (χ0v) is 17.0. The average molecular weight is 407 g/mol. The normalized spacial score (nSPS) is 11.9. The van der Waals surface area contributed by atoms with Gasteiger partial charge >= 0.3 is 0 Å². The number of ether oxygens (including phenoxy) is 2. The van der Waals surface area contributed by atoms with Crippen LogP contribution >= 0.6 is 11.6 Å². The second kappa shape index (κ2) is 11.6. The fraction of sp³-hybridized carbons (Fsp3) is 0.429. The lowest BCUT2D eigenvalue weighted by molar-refractivity contribution is 0.0938. The number of hydrogen-bond acceptors (Lipinski definition) is 5. The monoisotopic (exact) mass is 406 g/mol.